The minimum absolute atomic E-state index is 0.242. The average Bonchev–Trinajstić information content (AvgIpc) is 2.38. The van der Waals surface area contributed by atoms with E-state index >= 15 is 0 Å². The normalized spacial score (nSPS) is 11.1. The third-order valence-electron chi connectivity index (χ3n) is 2.97. The number of carboxylic acid groups (broad SMARTS) is 1. The lowest BCUT2D eigenvalue weighted by Gasteiger charge is -2.09. The van der Waals surface area contributed by atoms with Crippen molar-refractivity contribution in [3.8, 4) is 11.1 Å². The summed E-state index contributed by atoms with van der Waals surface area (Å²) in [5.74, 6) is -0.961. The van der Waals surface area contributed by atoms with Crippen molar-refractivity contribution in [1.29, 1.82) is 0 Å². The first-order valence-corrected chi connectivity index (χ1v) is 8.07. The fourth-order valence-corrected chi connectivity index (χ4v) is 2.62. The van der Waals surface area contributed by atoms with Crippen LogP contribution in [0, 0.1) is 6.92 Å². The van der Waals surface area contributed by atoms with Gasteiger partial charge in [-0.05, 0) is 47.9 Å². The van der Waals surface area contributed by atoms with Gasteiger partial charge in [0.2, 0.25) is 10.0 Å². The van der Waals surface area contributed by atoms with E-state index in [0.29, 0.717) is 5.69 Å². The van der Waals surface area contributed by atoms with Gasteiger partial charge in [-0.2, -0.15) is 0 Å². The van der Waals surface area contributed by atoms with Gasteiger partial charge in [-0.25, -0.2) is 13.2 Å². The van der Waals surface area contributed by atoms with Crippen molar-refractivity contribution in [2.75, 3.05) is 11.0 Å². The second-order valence-corrected chi connectivity index (χ2v) is 6.53. The molecule has 0 aromatic heterocycles. The van der Waals surface area contributed by atoms with Crippen LogP contribution in [0.3, 0.4) is 0 Å². The fourth-order valence-electron chi connectivity index (χ4n) is 2.05. The van der Waals surface area contributed by atoms with E-state index in [0.717, 1.165) is 22.9 Å². The van der Waals surface area contributed by atoms with Crippen LogP contribution in [0.5, 0.6) is 0 Å². The molecule has 0 fully saturated rings. The molecule has 0 amide bonds. The van der Waals surface area contributed by atoms with E-state index in [2.05, 4.69) is 4.72 Å². The highest BCUT2D eigenvalue weighted by Gasteiger charge is 2.08. The number of rotatable bonds is 4. The lowest BCUT2D eigenvalue weighted by molar-refractivity contribution is 0.0697. The molecule has 6 heteroatoms. The van der Waals surface area contributed by atoms with Crippen molar-refractivity contribution in [3.05, 3.63) is 53.6 Å². The molecule has 0 heterocycles. The molecule has 0 aliphatic carbocycles. The first-order chi connectivity index (χ1) is 9.76. The standard InChI is InChI=1S/C15H15NO4S/c1-10-9-12(15(17)18)5-8-14(10)11-3-6-13(7-4-11)16-21(2,19)20/h3-9,16H,1-2H3,(H,17,18). The second-order valence-electron chi connectivity index (χ2n) is 4.79. The Bertz CT molecular complexity index is 780. The molecule has 0 radical (unpaired) electrons. The fraction of sp³-hybridized carbons (Fsp3) is 0.133. The highest BCUT2D eigenvalue weighted by Crippen LogP contribution is 2.26. The number of nitrogens with one attached hydrogen (secondary N) is 1. The van der Waals surface area contributed by atoms with Crippen LogP contribution in [0.15, 0.2) is 42.5 Å². The van der Waals surface area contributed by atoms with Crippen LogP contribution in [0.1, 0.15) is 15.9 Å². The molecule has 2 aromatic carbocycles. The van der Waals surface area contributed by atoms with Crippen molar-refractivity contribution >= 4 is 21.7 Å². The molecule has 0 aliphatic rings. The van der Waals surface area contributed by atoms with E-state index in [4.69, 9.17) is 5.11 Å². The van der Waals surface area contributed by atoms with Crippen molar-refractivity contribution in [1.82, 2.24) is 0 Å². The number of hydrogen-bond donors (Lipinski definition) is 2. The summed E-state index contributed by atoms with van der Waals surface area (Å²) in [6.07, 6.45) is 1.09. The van der Waals surface area contributed by atoms with Crippen molar-refractivity contribution in [2.45, 2.75) is 6.92 Å². The molecule has 2 N–H and O–H groups in total. The van der Waals surface area contributed by atoms with Gasteiger partial charge in [-0.15, -0.1) is 0 Å². The summed E-state index contributed by atoms with van der Waals surface area (Å²) in [6.45, 7) is 1.84. The van der Waals surface area contributed by atoms with Gasteiger partial charge in [0.1, 0.15) is 0 Å². The van der Waals surface area contributed by atoms with Crippen molar-refractivity contribution < 1.29 is 18.3 Å². The summed E-state index contributed by atoms with van der Waals surface area (Å²) in [5.41, 5.74) is 3.38. The zero-order chi connectivity index (χ0) is 15.6. The summed E-state index contributed by atoms with van der Waals surface area (Å²) in [6, 6.07) is 11.8. The van der Waals surface area contributed by atoms with Gasteiger partial charge in [0, 0.05) is 5.69 Å². The Labute approximate surface area is 123 Å². The lowest BCUT2D eigenvalue weighted by Crippen LogP contribution is -2.09. The van der Waals surface area contributed by atoms with E-state index in [1.807, 2.05) is 6.92 Å². The number of sulfonamides is 1. The molecule has 0 saturated carbocycles. The summed E-state index contributed by atoms with van der Waals surface area (Å²) >= 11 is 0. The molecule has 5 nitrogen and oxygen atoms in total. The highest BCUT2D eigenvalue weighted by molar-refractivity contribution is 7.92. The van der Waals surface area contributed by atoms with Crippen LogP contribution in [0.2, 0.25) is 0 Å². The van der Waals surface area contributed by atoms with Gasteiger partial charge in [0.15, 0.2) is 0 Å². The first kappa shape index (κ1) is 15.1. The number of benzene rings is 2. The molecule has 21 heavy (non-hydrogen) atoms. The predicted molar refractivity (Wildman–Crippen MR) is 82.0 cm³/mol. The van der Waals surface area contributed by atoms with E-state index in [-0.39, 0.29) is 5.56 Å². The Hall–Kier alpha value is -2.34. The number of aryl methyl sites for hydroxylation is 1. The van der Waals surface area contributed by atoms with Crippen molar-refractivity contribution in [2.24, 2.45) is 0 Å². The lowest BCUT2D eigenvalue weighted by atomic mass is 9.98. The Morgan fingerprint density at radius 2 is 1.71 bits per heavy atom. The third-order valence-corrected chi connectivity index (χ3v) is 3.58. The molecular weight excluding hydrogens is 290 g/mol. The first-order valence-electron chi connectivity index (χ1n) is 6.18. The molecular formula is C15H15NO4S. The molecule has 110 valence electrons. The molecule has 2 aromatic rings. The Kier molecular flexibility index (Phi) is 3.99. The van der Waals surface area contributed by atoms with Crippen LogP contribution in [-0.2, 0) is 10.0 Å². The van der Waals surface area contributed by atoms with Gasteiger partial charge in [0.25, 0.3) is 0 Å². The van der Waals surface area contributed by atoms with E-state index in [1.165, 1.54) is 0 Å². The SMILES string of the molecule is Cc1cc(C(=O)O)ccc1-c1ccc(NS(C)(=O)=O)cc1. The summed E-state index contributed by atoms with van der Waals surface area (Å²) < 4.78 is 24.7. The van der Waals surface area contributed by atoms with Crippen LogP contribution in [0.4, 0.5) is 5.69 Å². The van der Waals surface area contributed by atoms with Gasteiger partial charge >= 0.3 is 5.97 Å². The maximum Gasteiger partial charge on any atom is 0.335 e. The zero-order valence-electron chi connectivity index (χ0n) is 11.6. The molecule has 0 aliphatic heterocycles. The summed E-state index contributed by atoms with van der Waals surface area (Å²) in [7, 11) is -3.29. The van der Waals surface area contributed by atoms with Crippen LogP contribution < -0.4 is 4.72 Å². The molecule has 0 saturated heterocycles. The van der Waals surface area contributed by atoms with Crippen LogP contribution in [0.25, 0.3) is 11.1 Å². The second kappa shape index (κ2) is 5.57. The maximum atomic E-state index is 11.1. The zero-order valence-corrected chi connectivity index (χ0v) is 12.4. The van der Waals surface area contributed by atoms with Crippen molar-refractivity contribution in [3.63, 3.8) is 0 Å². The monoisotopic (exact) mass is 305 g/mol. The maximum absolute atomic E-state index is 11.1. The third kappa shape index (κ3) is 3.82. The molecule has 0 bridgehead atoms. The highest BCUT2D eigenvalue weighted by atomic mass is 32.2. The molecule has 2 rings (SSSR count). The van der Waals surface area contributed by atoms with Gasteiger partial charge in [-0.1, -0.05) is 18.2 Å². The van der Waals surface area contributed by atoms with Gasteiger partial charge < -0.3 is 5.11 Å². The topological polar surface area (TPSA) is 83.5 Å². The van der Waals surface area contributed by atoms with E-state index < -0.39 is 16.0 Å². The number of carboxylic acids is 1. The van der Waals surface area contributed by atoms with Gasteiger partial charge in [0.05, 0.1) is 11.8 Å². The smallest absolute Gasteiger partial charge is 0.335 e. The minimum atomic E-state index is -3.29. The number of hydrogen-bond acceptors (Lipinski definition) is 3. The minimum Gasteiger partial charge on any atom is -0.478 e. The van der Waals surface area contributed by atoms with Crippen LogP contribution in [-0.4, -0.2) is 25.7 Å². The number of anilines is 1. The molecule has 0 atom stereocenters. The Balaban J connectivity index is 2.33. The quantitative estimate of drug-likeness (QED) is 0.909. The molecule has 0 unspecified atom stereocenters. The molecule has 0 spiro atoms. The van der Waals surface area contributed by atoms with Gasteiger partial charge in [-0.3, -0.25) is 4.72 Å². The van der Waals surface area contributed by atoms with Crippen LogP contribution >= 0.6 is 0 Å². The number of carbonyl (C=O) groups is 1. The number of aromatic carboxylic acids is 1. The van der Waals surface area contributed by atoms with E-state index in [1.54, 1.807) is 42.5 Å². The van der Waals surface area contributed by atoms with E-state index in [9.17, 15) is 13.2 Å². The Morgan fingerprint density at radius 1 is 1.10 bits per heavy atom. The predicted octanol–water partition coefficient (Wildman–Crippen LogP) is 2.73. The largest absolute Gasteiger partial charge is 0.478 e. The average molecular weight is 305 g/mol. The summed E-state index contributed by atoms with van der Waals surface area (Å²) in [5, 5.41) is 8.95. The Morgan fingerprint density at radius 3 is 2.19 bits per heavy atom. The summed E-state index contributed by atoms with van der Waals surface area (Å²) in [4.78, 5) is 10.9.